The van der Waals surface area contributed by atoms with Crippen molar-refractivity contribution in [3.05, 3.63) is 30.4 Å². The summed E-state index contributed by atoms with van der Waals surface area (Å²) in [6.07, 6.45) is 1.18. The van der Waals surface area contributed by atoms with E-state index in [0.29, 0.717) is 0 Å². The smallest absolute Gasteiger partial charge is 0.247 e. The third-order valence-electron chi connectivity index (χ3n) is 3.19. The number of rotatable bonds is 4. The summed E-state index contributed by atoms with van der Waals surface area (Å²) in [5.74, 6) is -1.16. The first kappa shape index (κ1) is 15.3. The number of amides is 3. The van der Waals surface area contributed by atoms with E-state index in [9.17, 15) is 19.6 Å². The molecule has 3 amide bonds. The predicted octanol–water partition coefficient (Wildman–Crippen LogP) is 1.34. The van der Waals surface area contributed by atoms with Crippen LogP contribution in [0.15, 0.2) is 24.8 Å². The fourth-order valence-electron chi connectivity index (χ4n) is 2.19. The van der Waals surface area contributed by atoms with Crippen molar-refractivity contribution in [3.63, 3.8) is 0 Å². The molecule has 0 bridgehead atoms. The van der Waals surface area contributed by atoms with Gasteiger partial charge in [-0.1, -0.05) is 6.58 Å². The highest BCUT2D eigenvalue weighted by atomic mass is 16.5. The van der Waals surface area contributed by atoms with E-state index in [2.05, 4.69) is 11.9 Å². The average Bonchev–Trinajstić information content (AvgIpc) is 2.85. The standard InChI is InChI=1S/C15H13N3O4/c1-3-12(19)17-10-4-5-11(22-2)9(8-16)15(10)18-13(20)6-7-14(18)21/h3-5H,1,6-7H2,2H3,(H,17,19). The number of hydrogen-bond acceptors (Lipinski definition) is 5. The SMILES string of the molecule is C=CC(=O)Nc1ccc(OC)c(C#N)c1N1C(=O)CCC1=O. The summed E-state index contributed by atoms with van der Waals surface area (Å²) in [6, 6.07) is 4.86. The Kier molecular flexibility index (Phi) is 4.23. The molecule has 0 unspecified atom stereocenters. The Morgan fingerprint density at radius 2 is 2.05 bits per heavy atom. The van der Waals surface area contributed by atoms with Gasteiger partial charge in [0.15, 0.2) is 0 Å². The number of carbonyl (C=O) groups is 3. The summed E-state index contributed by atoms with van der Waals surface area (Å²) in [4.78, 5) is 36.4. The highest BCUT2D eigenvalue weighted by Crippen LogP contribution is 2.38. The highest BCUT2D eigenvalue weighted by Gasteiger charge is 2.35. The van der Waals surface area contributed by atoms with Crippen LogP contribution in [0.1, 0.15) is 18.4 Å². The molecule has 1 aromatic rings. The third kappa shape index (κ3) is 2.54. The minimum atomic E-state index is -0.519. The molecule has 0 radical (unpaired) electrons. The maximum absolute atomic E-state index is 12.0. The van der Waals surface area contributed by atoms with Gasteiger partial charge in [-0.3, -0.25) is 14.4 Å². The second-order valence-corrected chi connectivity index (χ2v) is 4.47. The van der Waals surface area contributed by atoms with Gasteiger partial charge < -0.3 is 10.1 Å². The van der Waals surface area contributed by atoms with Crippen LogP contribution in [0.2, 0.25) is 0 Å². The Labute approximate surface area is 126 Å². The summed E-state index contributed by atoms with van der Waals surface area (Å²) in [7, 11) is 1.37. The largest absolute Gasteiger partial charge is 0.495 e. The minimum Gasteiger partial charge on any atom is -0.495 e. The molecule has 0 atom stereocenters. The van der Waals surface area contributed by atoms with E-state index in [1.54, 1.807) is 0 Å². The Hall–Kier alpha value is -3.14. The van der Waals surface area contributed by atoms with Crippen molar-refractivity contribution >= 4 is 29.1 Å². The number of ether oxygens (including phenoxy) is 1. The first-order valence-corrected chi connectivity index (χ1v) is 6.43. The molecule has 7 nitrogen and oxygen atoms in total. The van der Waals surface area contributed by atoms with Crippen molar-refractivity contribution in [2.75, 3.05) is 17.3 Å². The molecule has 1 aromatic carbocycles. The van der Waals surface area contributed by atoms with Crippen molar-refractivity contribution in [3.8, 4) is 11.8 Å². The van der Waals surface area contributed by atoms with Gasteiger partial charge in [0.25, 0.3) is 0 Å². The zero-order chi connectivity index (χ0) is 16.3. The molecule has 1 N–H and O–H groups in total. The van der Waals surface area contributed by atoms with Gasteiger partial charge in [0.2, 0.25) is 17.7 Å². The molecule has 7 heteroatoms. The molecular weight excluding hydrogens is 286 g/mol. The van der Waals surface area contributed by atoms with Gasteiger partial charge in [-0.25, -0.2) is 4.90 Å². The number of hydrogen-bond donors (Lipinski definition) is 1. The van der Waals surface area contributed by atoms with Crippen LogP contribution in [0.5, 0.6) is 5.75 Å². The molecule has 0 aromatic heterocycles. The lowest BCUT2D eigenvalue weighted by Gasteiger charge is -2.21. The van der Waals surface area contributed by atoms with E-state index in [1.807, 2.05) is 6.07 Å². The second kappa shape index (κ2) is 6.10. The van der Waals surface area contributed by atoms with E-state index in [4.69, 9.17) is 4.74 Å². The van der Waals surface area contributed by atoms with Crippen LogP contribution in [0.25, 0.3) is 0 Å². The normalized spacial score (nSPS) is 13.7. The van der Waals surface area contributed by atoms with Crippen molar-refractivity contribution in [1.82, 2.24) is 0 Å². The number of nitriles is 1. The van der Waals surface area contributed by atoms with Crippen LogP contribution in [0.3, 0.4) is 0 Å². The lowest BCUT2D eigenvalue weighted by molar-refractivity contribution is -0.121. The molecule has 0 saturated carbocycles. The number of anilines is 2. The lowest BCUT2D eigenvalue weighted by atomic mass is 10.1. The van der Waals surface area contributed by atoms with Crippen LogP contribution in [0, 0.1) is 11.3 Å². The zero-order valence-corrected chi connectivity index (χ0v) is 11.9. The van der Waals surface area contributed by atoms with Crippen molar-refractivity contribution < 1.29 is 19.1 Å². The van der Waals surface area contributed by atoms with E-state index in [1.165, 1.54) is 19.2 Å². The Morgan fingerprint density at radius 3 is 2.55 bits per heavy atom. The summed E-state index contributed by atoms with van der Waals surface area (Å²) >= 11 is 0. The Balaban J connectivity index is 2.67. The molecule has 0 spiro atoms. The molecule has 1 heterocycles. The number of imide groups is 1. The van der Waals surface area contributed by atoms with Crippen LogP contribution >= 0.6 is 0 Å². The first-order valence-electron chi connectivity index (χ1n) is 6.43. The van der Waals surface area contributed by atoms with Crippen LogP contribution in [0.4, 0.5) is 11.4 Å². The van der Waals surface area contributed by atoms with E-state index >= 15 is 0 Å². The van der Waals surface area contributed by atoms with Crippen molar-refractivity contribution in [2.45, 2.75) is 12.8 Å². The maximum atomic E-state index is 12.0. The summed E-state index contributed by atoms with van der Waals surface area (Å²) in [5, 5.41) is 11.9. The maximum Gasteiger partial charge on any atom is 0.247 e. The molecular formula is C15H13N3O4. The molecule has 1 aliphatic heterocycles. The first-order chi connectivity index (χ1) is 10.5. The molecule has 22 heavy (non-hydrogen) atoms. The van der Waals surface area contributed by atoms with Gasteiger partial charge in [0.05, 0.1) is 18.5 Å². The monoisotopic (exact) mass is 299 g/mol. The van der Waals surface area contributed by atoms with Gasteiger partial charge in [0.1, 0.15) is 17.4 Å². The number of carbonyl (C=O) groups excluding carboxylic acids is 3. The molecule has 0 aliphatic carbocycles. The van der Waals surface area contributed by atoms with E-state index in [0.717, 1.165) is 11.0 Å². The second-order valence-electron chi connectivity index (χ2n) is 4.47. The van der Waals surface area contributed by atoms with E-state index in [-0.39, 0.29) is 35.5 Å². The fourth-order valence-corrected chi connectivity index (χ4v) is 2.19. The topological polar surface area (TPSA) is 99.5 Å². The van der Waals surface area contributed by atoms with E-state index < -0.39 is 17.7 Å². The molecule has 112 valence electrons. The van der Waals surface area contributed by atoms with Crippen LogP contribution in [-0.2, 0) is 14.4 Å². The quantitative estimate of drug-likeness (QED) is 0.668. The summed E-state index contributed by atoms with van der Waals surface area (Å²) in [6.45, 7) is 3.34. The van der Waals surface area contributed by atoms with Gasteiger partial charge in [0, 0.05) is 12.8 Å². The van der Waals surface area contributed by atoms with Gasteiger partial charge in [-0.15, -0.1) is 0 Å². The van der Waals surface area contributed by atoms with Gasteiger partial charge in [-0.2, -0.15) is 5.26 Å². The highest BCUT2D eigenvalue weighted by molar-refractivity contribution is 6.22. The van der Waals surface area contributed by atoms with Gasteiger partial charge in [-0.05, 0) is 18.2 Å². The van der Waals surface area contributed by atoms with Gasteiger partial charge >= 0.3 is 0 Å². The number of nitrogens with one attached hydrogen (secondary N) is 1. The van der Waals surface area contributed by atoms with Crippen molar-refractivity contribution in [1.29, 1.82) is 5.26 Å². The zero-order valence-electron chi connectivity index (χ0n) is 11.9. The molecule has 1 fully saturated rings. The molecule has 1 aliphatic rings. The fraction of sp³-hybridized carbons (Fsp3) is 0.200. The number of methoxy groups -OCH3 is 1. The number of benzene rings is 1. The number of nitrogens with zero attached hydrogens (tertiary/aromatic N) is 2. The third-order valence-corrected chi connectivity index (χ3v) is 3.19. The average molecular weight is 299 g/mol. The minimum absolute atomic E-state index is 0.00737. The van der Waals surface area contributed by atoms with Crippen LogP contribution in [-0.4, -0.2) is 24.8 Å². The van der Waals surface area contributed by atoms with Crippen molar-refractivity contribution in [2.24, 2.45) is 0 Å². The Bertz CT molecular complexity index is 702. The predicted molar refractivity (Wildman–Crippen MR) is 78.3 cm³/mol. The molecule has 1 saturated heterocycles. The summed E-state index contributed by atoms with van der Waals surface area (Å²) < 4.78 is 5.09. The Morgan fingerprint density at radius 1 is 1.41 bits per heavy atom. The van der Waals surface area contributed by atoms with Crippen LogP contribution < -0.4 is 15.0 Å². The summed E-state index contributed by atoms with van der Waals surface area (Å²) in [5.41, 5.74) is 0.211. The molecule has 2 rings (SSSR count). The lowest BCUT2D eigenvalue weighted by Crippen LogP contribution is -2.30.